The van der Waals surface area contributed by atoms with Gasteiger partial charge in [-0.25, -0.2) is 0 Å². The van der Waals surface area contributed by atoms with Crippen LogP contribution in [0.2, 0.25) is 0 Å². The molecule has 1 aliphatic rings. The predicted octanol–water partition coefficient (Wildman–Crippen LogP) is 1.91. The van der Waals surface area contributed by atoms with Gasteiger partial charge in [-0.3, -0.25) is 4.79 Å². The van der Waals surface area contributed by atoms with Crippen molar-refractivity contribution in [3.63, 3.8) is 0 Å². The van der Waals surface area contributed by atoms with Gasteiger partial charge in [-0.2, -0.15) is 0 Å². The Balaban J connectivity index is 2.30. The molecule has 1 amide bonds. The number of amides is 1. The number of ether oxygens (including phenoxy) is 2. The summed E-state index contributed by atoms with van der Waals surface area (Å²) < 4.78 is 10.4. The average molecular weight is 264 g/mol. The zero-order chi connectivity index (χ0) is 13.8. The Labute approximate surface area is 113 Å². The van der Waals surface area contributed by atoms with E-state index in [2.05, 4.69) is 0 Å². The Morgan fingerprint density at radius 3 is 2.26 bits per heavy atom. The van der Waals surface area contributed by atoms with Gasteiger partial charge in [0.2, 0.25) is 0 Å². The number of nitrogen functional groups attached to an aromatic ring is 1. The maximum absolute atomic E-state index is 12.4. The monoisotopic (exact) mass is 264 g/mol. The quantitative estimate of drug-likeness (QED) is 0.847. The molecule has 1 fully saturated rings. The van der Waals surface area contributed by atoms with Crippen LogP contribution < -0.4 is 15.2 Å². The Kier molecular flexibility index (Phi) is 4.14. The van der Waals surface area contributed by atoms with E-state index in [1.54, 1.807) is 26.4 Å². The number of benzene rings is 1. The third-order valence-electron chi connectivity index (χ3n) is 3.43. The molecule has 5 nitrogen and oxygen atoms in total. The van der Waals surface area contributed by atoms with E-state index in [0.29, 0.717) is 22.7 Å². The van der Waals surface area contributed by atoms with Crippen LogP contribution in [-0.2, 0) is 0 Å². The molecule has 5 heteroatoms. The first-order valence-electron chi connectivity index (χ1n) is 6.48. The van der Waals surface area contributed by atoms with Crippen molar-refractivity contribution >= 4 is 11.6 Å². The molecule has 0 spiro atoms. The summed E-state index contributed by atoms with van der Waals surface area (Å²) in [6.45, 7) is 1.60. The summed E-state index contributed by atoms with van der Waals surface area (Å²) in [5.74, 6) is 1.03. The number of likely N-dealkylation sites (tertiary alicyclic amines) is 1. The number of rotatable bonds is 3. The molecule has 1 aromatic carbocycles. The van der Waals surface area contributed by atoms with Gasteiger partial charge in [0.1, 0.15) is 0 Å². The van der Waals surface area contributed by atoms with Crippen molar-refractivity contribution in [1.29, 1.82) is 0 Å². The maximum Gasteiger partial charge on any atom is 0.256 e. The molecule has 19 heavy (non-hydrogen) atoms. The van der Waals surface area contributed by atoms with Crippen LogP contribution in [0.4, 0.5) is 5.69 Å². The number of hydrogen-bond donors (Lipinski definition) is 1. The second-order valence-corrected chi connectivity index (χ2v) is 4.65. The molecule has 0 bridgehead atoms. The third kappa shape index (κ3) is 2.75. The molecule has 0 saturated carbocycles. The second kappa shape index (κ2) is 5.82. The maximum atomic E-state index is 12.4. The van der Waals surface area contributed by atoms with Gasteiger partial charge in [-0.1, -0.05) is 0 Å². The molecule has 0 unspecified atom stereocenters. The van der Waals surface area contributed by atoms with Crippen LogP contribution in [-0.4, -0.2) is 38.1 Å². The number of methoxy groups -OCH3 is 2. The fraction of sp³-hybridized carbons (Fsp3) is 0.500. The largest absolute Gasteiger partial charge is 0.493 e. The molecular weight excluding hydrogens is 244 g/mol. The van der Waals surface area contributed by atoms with E-state index in [4.69, 9.17) is 15.2 Å². The summed E-state index contributed by atoms with van der Waals surface area (Å²) in [7, 11) is 3.09. The smallest absolute Gasteiger partial charge is 0.256 e. The molecule has 2 N–H and O–H groups in total. The summed E-state index contributed by atoms with van der Waals surface area (Å²) in [4.78, 5) is 14.3. The van der Waals surface area contributed by atoms with E-state index in [9.17, 15) is 4.79 Å². The van der Waals surface area contributed by atoms with Crippen molar-refractivity contribution in [3.8, 4) is 11.5 Å². The van der Waals surface area contributed by atoms with E-state index in [1.807, 2.05) is 4.90 Å². The van der Waals surface area contributed by atoms with Crippen LogP contribution >= 0.6 is 0 Å². The highest BCUT2D eigenvalue weighted by Gasteiger charge is 2.22. The minimum atomic E-state index is -0.0295. The molecule has 1 aromatic rings. The molecule has 1 saturated heterocycles. The van der Waals surface area contributed by atoms with E-state index < -0.39 is 0 Å². The summed E-state index contributed by atoms with van der Waals surface area (Å²) in [5.41, 5.74) is 6.86. The van der Waals surface area contributed by atoms with E-state index >= 15 is 0 Å². The van der Waals surface area contributed by atoms with Crippen LogP contribution in [0.25, 0.3) is 0 Å². The second-order valence-electron chi connectivity index (χ2n) is 4.65. The van der Waals surface area contributed by atoms with Crippen LogP contribution in [0, 0.1) is 0 Å². The number of piperidine rings is 1. The van der Waals surface area contributed by atoms with Gasteiger partial charge in [-0.05, 0) is 25.3 Å². The van der Waals surface area contributed by atoms with Gasteiger partial charge in [0.05, 0.1) is 19.8 Å². The highest BCUT2D eigenvalue weighted by atomic mass is 16.5. The Hall–Kier alpha value is -1.91. The van der Waals surface area contributed by atoms with Crippen molar-refractivity contribution in [2.75, 3.05) is 33.0 Å². The van der Waals surface area contributed by atoms with Gasteiger partial charge in [0, 0.05) is 24.8 Å². The SMILES string of the molecule is COc1cc(N)c(C(=O)N2CCCCC2)cc1OC. The molecule has 1 aliphatic heterocycles. The number of anilines is 1. The molecule has 0 aromatic heterocycles. The fourth-order valence-corrected chi connectivity index (χ4v) is 2.35. The number of hydrogen-bond acceptors (Lipinski definition) is 4. The van der Waals surface area contributed by atoms with Gasteiger partial charge in [0.15, 0.2) is 11.5 Å². The summed E-state index contributed by atoms with van der Waals surface area (Å²) in [5, 5.41) is 0. The lowest BCUT2D eigenvalue weighted by Crippen LogP contribution is -2.36. The van der Waals surface area contributed by atoms with Crippen LogP contribution in [0.1, 0.15) is 29.6 Å². The summed E-state index contributed by atoms with van der Waals surface area (Å²) in [6.07, 6.45) is 3.29. The molecule has 0 aliphatic carbocycles. The summed E-state index contributed by atoms with van der Waals surface area (Å²) in [6, 6.07) is 3.29. The lowest BCUT2D eigenvalue weighted by molar-refractivity contribution is 0.0725. The Morgan fingerprint density at radius 1 is 1.11 bits per heavy atom. The van der Waals surface area contributed by atoms with Crippen molar-refractivity contribution in [1.82, 2.24) is 4.90 Å². The fourth-order valence-electron chi connectivity index (χ4n) is 2.35. The van der Waals surface area contributed by atoms with Crippen molar-refractivity contribution in [2.24, 2.45) is 0 Å². The minimum Gasteiger partial charge on any atom is -0.493 e. The van der Waals surface area contributed by atoms with Crippen molar-refractivity contribution in [3.05, 3.63) is 17.7 Å². The van der Waals surface area contributed by atoms with Crippen molar-refractivity contribution < 1.29 is 14.3 Å². The number of nitrogens with zero attached hydrogens (tertiary/aromatic N) is 1. The number of carbonyl (C=O) groups is 1. The molecule has 1 heterocycles. The molecule has 2 rings (SSSR count). The lowest BCUT2D eigenvalue weighted by atomic mass is 10.1. The van der Waals surface area contributed by atoms with Crippen LogP contribution in [0.15, 0.2) is 12.1 Å². The van der Waals surface area contributed by atoms with Gasteiger partial charge in [-0.15, -0.1) is 0 Å². The Morgan fingerprint density at radius 2 is 1.68 bits per heavy atom. The molecule has 0 atom stereocenters. The highest BCUT2D eigenvalue weighted by molar-refractivity contribution is 6.00. The average Bonchev–Trinajstić information content (AvgIpc) is 2.47. The molecule has 104 valence electrons. The predicted molar refractivity (Wildman–Crippen MR) is 73.7 cm³/mol. The number of carbonyl (C=O) groups excluding carboxylic acids is 1. The lowest BCUT2D eigenvalue weighted by Gasteiger charge is -2.27. The first-order valence-corrected chi connectivity index (χ1v) is 6.48. The van der Waals surface area contributed by atoms with E-state index in [0.717, 1.165) is 25.9 Å². The zero-order valence-corrected chi connectivity index (χ0v) is 11.4. The van der Waals surface area contributed by atoms with Gasteiger partial charge < -0.3 is 20.1 Å². The zero-order valence-electron chi connectivity index (χ0n) is 11.4. The van der Waals surface area contributed by atoms with E-state index in [-0.39, 0.29) is 5.91 Å². The summed E-state index contributed by atoms with van der Waals surface area (Å²) >= 11 is 0. The normalized spacial score (nSPS) is 15.2. The highest BCUT2D eigenvalue weighted by Crippen LogP contribution is 2.32. The first kappa shape index (κ1) is 13.5. The Bertz CT molecular complexity index is 468. The first-order chi connectivity index (χ1) is 9.17. The topological polar surface area (TPSA) is 64.8 Å². The number of nitrogens with two attached hydrogens (primary N) is 1. The third-order valence-corrected chi connectivity index (χ3v) is 3.43. The van der Waals surface area contributed by atoms with E-state index in [1.165, 1.54) is 6.42 Å². The van der Waals surface area contributed by atoms with Gasteiger partial charge >= 0.3 is 0 Å². The molecule has 0 radical (unpaired) electrons. The van der Waals surface area contributed by atoms with Crippen LogP contribution in [0.5, 0.6) is 11.5 Å². The van der Waals surface area contributed by atoms with Gasteiger partial charge in [0.25, 0.3) is 5.91 Å². The minimum absolute atomic E-state index is 0.0295. The van der Waals surface area contributed by atoms with Crippen molar-refractivity contribution in [2.45, 2.75) is 19.3 Å². The standard InChI is InChI=1S/C14H20N2O3/c1-18-12-8-10(11(15)9-13(12)19-2)14(17)16-6-4-3-5-7-16/h8-9H,3-7,15H2,1-2H3. The molecular formula is C14H20N2O3. The van der Waals surface area contributed by atoms with Crippen LogP contribution in [0.3, 0.4) is 0 Å².